The predicted octanol–water partition coefficient (Wildman–Crippen LogP) is 5.65. The minimum absolute atomic E-state index is 0.276. The molecule has 0 bridgehead atoms. The molecular weight excluding hydrogens is 256 g/mol. The van der Waals surface area contributed by atoms with Gasteiger partial charge in [0.05, 0.1) is 11.2 Å². The van der Waals surface area contributed by atoms with Crippen LogP contribution in [0, 0.1) is 0 Å². The van der Waals surface area contributed by atoms with Crippen molar-refractivity contribution in [2.45, 2.75) is 51.7 Å². The fraction of sp³-hybridized carbons (Fsp3) is 0.400. The van der Waals surface area contributed by atoms with Crippen LogP contribution < -0.4 is 0 Å². The number of benzene rings is 2. The molecule has 0 fully saturated rings. The Bertz CT molecular complexity index is 497. The average Bonchev–Trinajstić information content (AvgIpc) is 2.56. The lowest BCUT2D eigenvalue weighted by atomic mass is 9.88. The summed E-state index contributed by atoms with van der Waals surface area (Å²) in [6.45, 7) is 8.76. The minimum Gasteiger partial charge on any atom is -0.360 e. The van der Waals surface area contributed by atoms with E-state index in [1.54, 1.807) is 0 Å². The molecule has 0 saturated carbocycles. The van der Waals surface area contributed by atoms with Gasteiger partial charge in [-0.1, -0.05) is 74.5 Å². The van der Waals surface area contributed by atoms with Crippen molar-refractivity contribution < 1.29 is 4.74 Å². The van der Waals surface area contributed by atoms with E-state index in [1.165, 1.54) is 11.1 Å². The van der Waals surface area contributed by atoms with Crippen LogP contribution in [0.5, 0.6) is 0 Å². The molecule has 2 atom stereocenters. The van der Waals surface area contributed by atoms with E-state index in [0.717, 1.165) is 12.8 Å². The van der Waals surface area contributed by atoms with Gasteiger partial charge < -0.3 is 4.74 Å². The lowest BCUT2D eigenvalue weighted by Crippen LogP contribution is -2.37. The summed E-state index contributed by atoms with van der Waals surface area (Å²) in [5.41, 5.74) is 1.93. The Kier molecular flexibility index (Phi) is 4.84. The molecule has 1 heteroatoms. The van der Waals surface area contributed by atoms with Crippen LogP contribution in [-0.2, 0) is 15.9 Å². The second-order valence-corrected chi connectivity index (χ2v) is 6.00. The Labute approximate surface area is 129 Å². The highest BCUT2D eigenvalue weighted by Gasteiger charge is 2.36. The van der Waals surface area contributed by atoms with E-state index < -0.39 is 0 Å². The standard InChI is InChI=1S/C20H26O/c1-5-19(3,17-13-9-7-10-14-17)21-20(4,6-2)18-15-11-8-12-16-18/h7-16H,5-6H2,1-4H3. The summed E-state index contributed by atoms with van der Waals surface area (Å²) < 4.78 is 6.70. The molecule has 0 aliphatic carbocycles. The first-order valence-electron chi connectivity index (χ1n) is 7.85. The number of hydrogen-bond donors (Lipinski definition) is 0. The molecule has 0 saturated heterocycles. The van der Waals surface area contributed by atoms with Crippen molar-refractivity contribution in [3.8, 4) is 0 Å². The van der Waals surface area contributed by atoms with Gasteiger partial charge in [-0.05, 0) is 37.8 Å². The molecule has 0 radical (unpaired) electrons. The van der Waals surface area contributed by atoms with E-state index in [1.807, 2.05) is 0 Å². The monoisotopic (exact) mass is 282 g/mol. The molecule has 0 amide bonds. The van der Waals surface area contributed by atoms with Crippen LogP contribution in [-0.4, -0.2) is 0 Å². The maximum Gasteiger partial charge on any atom is 0.0912 e. The molecule has 0 heterocycles. The third kappa shape index (κ3) is 3.36. The van der Waals surface area contributed by atoms with E-state index in [2.05, 4.69) is 88.4 Å². The summed E-state index contributed by atoms with van der Waals surface area (Å²) in [6, 6.07) is 21.1. The molecule has 0 aliphatic heterocycles. The highest BCUT2D eigenvalue weighted by molar-refractivity contribution is 5.25. The summed E-state index contributed by atoms with van der Waals surface area (Å²) in [5.74, 6) is 0. The lowest BCUT2D eigenvalue weighted by molar-refractivity contribution is -0.155. The maximum absolute atomic E-state index is 6.70. The highest BCUT2D eigenvalue weighted by atomic mass is 16.5. The van der Waals surface area contributed by atoms with Crippen molar-refractivity contribution in [2.75, 3.05) is 0 Å². The van der Waals surface area contributed by atoms with Gasteiger partial charge in [-0.25, -0.2) is 0 Å². The molecule has 0 aromatic heterocycles. The lowest BCUT2D eigenvalue weighted by Gasteiger charge is -2.40. The van der Waals surface area contributed by atoms with Gasteiger partial charge in [-0.15, -0.1) is 0 Å². The second-order valence-electron chi connectivity index (χ2n) is 6.00. The normalized spacial score (nSPS) is 17.0. The molecule has 0 spiro atoms. The largest absolute Gasteiger partial charge is 0.360 e. The Morgan fingerprint density at radius 3 is 1.29 bits per heavy atom. The van der Waals surface area contributed by atoms with Crippen LogP contribution in [0.15, 0.2) is 60.7 Å². The quantitative estimate of drug-likeness (QED) is 0.665. The van der Waals surface area contributed by atoms with Gasteiger partial charge in [-0.3, -0.25) is 0 Å². The first-order chi connectivity index (χ1) is 10.0. The number of rotatable bonds is 6. The molecule has 2 aromatic carbocycles. The van der Waals surface area contributed by atoms with Gasteiger partial charge in [0, 0.05) is 0 Å². The van der Waals surface area contributed by atoms with Crippen molar-refractivity contribution in [2.24, 2.45) is 0 Å². The molecule has 21 heavy (non-hydrogen) atoms. The van der Waals surface area contributed by atoms with Crippen LogP contribution in [0.1, 0.15) is 51.7 Å². The van der Waals surface area contributed by atoms with Gasteiger partial charge in [0.25, 0.3) is 0 Å². The van der Waals surface area contributed by atoms with Crippen molar-refractivity contribution >= 4 is 0 Å². The third-order valence-electron chi connectivity index (χ3n) is 4.57. The summed E-state index contributed by atoms with van der Waals surface area (Å²) in [4.78, 5) is 0. The van der Waals surface area contributed by atoms with Gasteiger partial charge in [0.1, 0.15) is 0 Å². The Hall–Kier alpha value is -1.60. The summed E-state index contributed by atoms with van der Waals surface area (Å²) in [5, 5.41) is 0. The molecule has 0 N–H and O–H groups in total. The zero-order valence-corrected chi connectivity index (χ0v) is 13.6. The fourth-order valence-corrected chi connectivity index (χ4v) is 2.75. The van der Waals surface area contributed by atoms with Crippen molar-refractivity contribution in [1.29, 1.82) is 0 Å². The van der Waals surface area contributed by atoms with Crippen LogP contribution >= 0.6 is 0 Å². The smallest absolute Gasteiger partial charge is 0.0912 e. The molecule has 1 nitrogen and oxygen atoms in total. The third-order valence-corrected chi connectivity index (χ3v) is 4.57. The van der Waals surface area contributed by atoms with Crippen molar-refractivity contribution in [3.63, 3.8) is 0 Å². The molecule has 0 aliphatic rings. The van der Waals surface area contributed by atoms with E-state index in [0.29, 0.717) is 0 Å². The Morgan fingerprint density at radius 2 is 1.00 bits per heavy atom. The first kappa shape index (κ1) is 15.8. The predicted molar refractivity (Wildman–Crippen MR) is 89.3 cm³/mol. The minimum atomic E-state index is -0.276. The van der Waals surface area contributed by atoms with E-state index in [9.17, 15) is 0 Å². The first-order valence-corrected chi connectivity index (χ1v) is 7.85. The van der Waals surface area contributed by atoms with Crippen LogP contribution in [0.2, 0.25) is 0 Å². The molecule has 112 valence electrons. The molecule has 2 rings (SSSR count). The van der Waals surface area contributed by atoms with Gasteiger partial charge in [0.15, 0.2) is 0 Å². The zero-order valence-electron chi connectivity index (χ0n) is 13.6. The number of ether oxygens (including phenoxy) is 1. The number of hydrogen-bond acceptors (Lipinski definition) is 1. The van der Waals surface area contributed by atoms with Crippen LogP contribution in [0.3, 0.4) is 0 Å². The van der Waals surface area contributed by atoms with Gasteiger partial charge in [-0.2, -0.15) is 0 Å². The summed E-state index contributed by atoms with van der Waals surface area (Å²) in [6.07, 6.45) is 1.89. The molecule has 2 unspecified atom stereocenters. The highest BCUT2D eigenvalue weighted by Crippen LogP contribution is 2.39. The Morgan fingerprint density at radius 1 is 0.667 bits per heavy atom. The molecule has 2 aromatic rings. The summed E-state index contributed by atoms with van der Waals surface area (Å²) in [7, 11) is 0. The van der Waals surface area contributed by atoms with Crippen molar-refractivity contribution in [1.82, 2.24) is 0 Å². The Balaban J connectivity index is 2.36. The second kappa shape index (κ2) is 6.44. The topological polar surface area (TPSA) is 9.23 Å². The van der Waals surface area contributed by atoms with Gasteiger partial charge >= 0.3 is 0 Å². The fourth-order valence-electron chi connectivity index (χ4n) is 2.75. The van der Waals surface area contributed by atoms with Gasteiger partial charge in [0.2, 0.25) is 0 Å². The van der Waals surface area contributed by atoms with E-state index in [4.69, 9.17) is 4.74 Å². The molecular formula is C20H26O. The zero-order chi connectivity index (χ0) is 15.3. The SMILES string of the molecule is CCC(C)(OC(C)(CC)c1ccccc1)c1ccccc1. The van der Waals surface area contributed by atoms with Crippen LogP contribution in [0.25, 0.3) is 0 Å². The van der Waals surface area contributed by atoms with E-state index >= 15 is 0 Å². The van der Waals surface area contributed by atoms with Crippen molar-refractivity contribution in [3.05, 3.63) is 71.8 Å². The maximum atomic E-state index is 6.70. The summed E-state index contributed by atoms with van der Waals surface area (Å²) >= 11 is 0. The van der Waals surface area contributed by atoms with Crippen LogP contribution in [0.4, 0.5) is 0 Å². The van der Waals surface area contributed by atoms with E-state index in [-0.39, 0.29) is 11.2 Å². The average molecular weight is 282 g/mol.